The molecule has 0 aliphatic rings. The van der Waals surface area contributed by atoms with Crippen LogP contribution in [0.3, 0.4) is 0 Å². The van der Waals surface area contributed by atoms with E-state index in [9.17, 15) is 4.79 Å². The number of nitrogens with zero attached hydrogens (tertiary/aromatic N) is 1. The van der Waals surface area contributed by atoms with Crippen LogP contribution in [0.5, 0.6) is 0 Å². The third kappa shape index (κ3) is 4.30. The minimum absolute atomic E-state index is 0.190. The zero-order valence-electron chi connectivity index (χ0n) is 9.79. The summed E-state index contributed by atoms with van der Waals surface area (Å²) in [6, 6.07) is 0. The first-order chi connectivity index (χ1) is 5.86. The smallest absolute Gasteiger partial charge is 0.225 e. The summed E-state index contributed by atoms with van der Waals surface area (Å²) in [7, 11) is 3.66. The van der Waals surface area contributed by atoms with Gasteiger partial charge in [-0.2, -0.15) is 0 Å². The molecule has 2 nitrogen and oxygen atoms in total. The molecule has 1 amide bonds. The van der Waals surface area contributed by atoms with E-state index < -0.39 is 0 Å². The molecular weight excluding hydrogens is 162 g/mol. The molecule has 0 heterocycles. The Kier molecular flexibility index (Phi) is 5.04. The van der Waals surface area contributed by atoms with Crippen molar-refractivity contribution >= 4 is 5.91 Å². The lowest BCUT2D eigenvalue weighted by atomic mass is 9.86. The fourth-order valence-electron chi connectivity index (χ4n) is 1.50. The molecule has 0 saturated heterocycles. The lowest BCUT2D eigenvalue weighted by Crippen LogP contribution is -2.33. The molecule has 0 aromatic rings. The number of hydrogen-bond acceptors (Lipinski definition) is 1. The SMILES string of the molecule is CC(C)CC(C(=O)N(C)C)C(C)C. The van der Waals surface area contributed by atoms with Crippen LogP contribution < -0.4 is 0 Å². The Morgan fingerprint density at radius 2 is 1.62 bits per heavy atom. The average Bonchev–Trinajstić information content (AvgIpc) is 1.97. The number of carbonyl (C=O) groups is 1. The predicted molar refractivity (Wildman–Crippen MR) is 56.5 cm³/mol. The number of carbonyl (C=O) groups excluding carboxylic acids is 1. The maximum absolute atomic E-state index is 11.7. The molecule has 0 aromatic carbocycles. The van der Waals surface area contributed by atoms with Gasteiger partial charge in [-0.25, -0.2) is 0 Å². The maximum atomic E-state index is 11.7. The van der Waals surface area contributed by atoms with Gasteiger partial charge in [0.25, 0.3) is 0 Å². The highest BCUT2D eigenvalue weighted by atomic mass is 16.2. The molecule has 0 spiro atoms. The van der Waals surface area contributed by atoms with Crippen molar-refractivity contribution in [2.75, 3.05) is 14.1 Å². The molecule has 0 rings (SSSR count). The lowest BCUT2D eigenvalue weighted by Gasteiger charge is -2.24. The van der Waals surface area contributed by atoms with Crippen molar-refractivity contribution in [2.24, 2.45) is 17.8 Å². The Hall–Kier alpha value is -0.530. The van der Waals surface area contributed by atoms with Crippen molar-refractivity contribution in [1.82, 2.24) is 4.90 Å². The van der Waals surface area contributed by atoms with Crippen LogP contribution in [0.15, 0.2) is 0 Å². The minimum Gasteiger partial charge on any atom is -0.349 e. The number of rotatable bonds is 4. The number of amides is 1. The standard InChI is InChI=1S/C11H23NO/c1-8(2)7-10(9(3)4)11(13)12(5)6/h8-10H,7H2,1-6H3. The Morgan fingerprint density at radius 3 is 1.85 bits per heavy atom. The molecule has 1 atom stereocenters. The summed E-state index contributed by atoms with van der Waals surface area (Å²) < 4.78 is 0. The normalized spacial score (nSPS) is 13.5. The topological polar surface area (TPSA) is 20.3 Å². The van der Waals surface area contributed by atoms with E-state index in [1.165, 1.54) is 0 Å². The number of hydrogen-bond donors (Lipinski definition) is 0. The molecule has 0 aliphatic carbocycles. The zero-order chi connectivity index (χ0) is 10.6. The van der Waals surface area contributed by atoms with Gasteiger partial charge in [0.1, 0.15) is 0 Å². The average molecular weight is 185 g/mol. The van der Waals surface area contributed by atoms with Crippen LogP contribution in [0.2, 0.25) is 0 Å². The van der Waals surface area contributed by atoms with Gasteiger partial charge in [-0.05, 0) is 18.3 Å². The van der Waals surface area contributed by atoms with Crippen LogP contribution in [-0.2, 0) is 4.79 Å². The fourth-order valence-corrected chi connectivity index (χ4v) is 1.50. The van der Waals surface area contributed by atoms with E-state index >= 15 is 0 Å². The van der Waals surface area contributed by atoms with Crippen molar-refractivity contribution < 1.29 is 4.79 Å². The molecule has 0 N–H and O–H groups in total. The predicted octanol–water partition coefficient (Wildman–Crippen LogP) is 2.39. The highest BCUT2D eigenvalue weighted by molar-refractivity contribution is 5.78. The summed E-state index contributed by atoms with van der Waals surface area (Å²) >= 11 is 0. The van der Waals surface area contributed by atoms with E-state index in [-0.39, 0.29) is 11.8 Å². The first kappa shape index (κ1) is 12.5. The lowest BCUT2D eigenvalue weighted by molar-refractivity contribution is -0.134. The van der Waals surface area contributed by atoms with E-state index in [4.69, 9.17) is 0 Å². The molecule has 78 valence electrons. The summed E-state index contributed by atoms with van der Waals surface area (Å²) in [4.78, 5) is 13.4. The summed E-state index contributed by atoms with van der Waals surface area (Å²) in [5.41, 5.74) is 0. The Bertz CT molecular complexity index is 161. The monoisotopic (exact) mass is 185 g/mol. The first-order valence-corrected chi connectivity index (χ1v) is 5.07. The van der Waals surface area contributed by atoms with Crippen LogP contribution in [0, 0.1) is 17.8 Å². The second kappa shape index (κ2) is 5.25. The molecule has 13 heavy (non-hydrogen) atoms. The van der Waals surface area contributed by atoms with Crippen molar-refractivity contribution in [3.63, 3.8) is 0 Å². The van der Waals surface area contributed by atoms with E-state index in [0.717, 1.165) is 6.42 Å². The second-order valence-corrected chi connectivity index (χ2v) is 4.71. The Morgan fingerprint density at radius 1 is 1.15 bits per heavy atom. The summed E-state index contributed by atoms with van der Waals surface area (Å²) in [5, 5.41) is 0. The van der Waals surface area contributed by atoms with E-state index in [1.807, 2.05) is 14.1 Å². The highest BCUT2D eigenvalue weighted by Crippen LogP contribution is 2.21. The van der Waals surface area contributed by atoms with Crippen LogP contribution in [0.4, 0.5) is 0 Å². The highest BCUT2D eigenvalue weighted by Gasteiger charge is 2.24. The van der Waals surface area contributed by atoms with Crippen molar-refractivity contribution in [1.29, 1.82) is 0 Å². The van der Waals surface area contributed by atoms with E-state index in [0.29, 0.717) is 11.8 Å². The van der Waals surface area contributed by atoms with Crippen LogP contribution in [0.1, 0.15) is 34.1 Å². The summed E-state index contributed by atoms with van der Waals surface area (Å²) in [6.07, 6.45) is 0.995. The molecule has 0 aromatic heterocycles. The molecule has 0 fully saturated rings. The second-order valence-electron chi connectivity index (χ2n) is 4.71. The van der Waals surface area contributed by atoms with Crippen molar-refractivity contribution in [2.45, 2.75) is 34.1 Å². The quantitative estimate of drug-likeness (QED) is 0.658. The summed E-state index contributed by atoms with van der Waals surface area (Å²) in [6.45, 7) is 8.57. The van der Waals surface area contributed by atoms with Crippen molar-refractivity contribution in [3.05, 3.63) is 0 Å². The molecule has 0 bridgehead atoms. The molecule has 0 aliphatic heterocycles. The maximum Gasteiger partial charge on any atom is 0.225 e. The zero-order valence-corrected chi connectivity index (χ0v) is 9.79. The van der Waals surface area contributed by atoms with E-state index in [2.05, 4.69) is 27.7 Å². The first-order valence-electron chi connectivity index (χ1n) is 5.07. The van der Waals surface area contributed by atoms with E-state index in [1.54, 1.807) is 4.90 Å². The molecular formula is C11H23NO. The van der Waals surface area contributed by atoms with Gasteiger partial charge >= 0.3 is 0 Å². The largest absolute Gasteiger partial charge is 0.349 e. The van der Waals surface area contributed by atoms with Crippen molar-refractivity contribution in [3.8, 4) is 0 Å². The van der Waals surface area contributed by atoms with Gasteiger partial charge in [-0.1, -0.05) is 27.7 Å². The Labute approximate surface area is 82.3 Å². The van der Waals surface area contributed by atoms with Gasteiger partial charge < -0.3 is 4.90 Å². The minimum atomic E-state index is 0.190. The van der Waals surface area contributed by atoms with Crippen LogP contribution in [-0.4, -0.2) is 24.9 Å². The van der Waals surface area contributed by atoms with Gasteiger partial charge in [0.2, 0.25) is 5.91 Å². The van der Waals surface area contributed by atoms with Gasteiger partial charge in [0.15, 0.2) is 0 Å². The van der Waals surface area contributed by atoms with Crippen LogP contribution >= 0.6 is 0 Å². The molecule has 0 radical (unpaired) electrons. The van der Waals surface area contributed by atoms with Gasteiger partial charge in [-0.15, -0.1) is 0 Å². The van der Waals surface area contributed by atoms with Gasteiger partial charge in [-0.3, -0.25) is 4.79 Å². The van der Waals surface area contributed by atoms with Gasteiger partial charge in [0, 0.05) is 20.0 Å². The van der Waals surface area contributed by atoms with Gasteiger partial charge in [0.05, 0.1) is 0 Å². The third-order valence-corrected chi connectivity index (χ3v) is 2.29. The molecule has 2 heteroatoms. The fraction of sp³-hybridized carbons (Fsp3) is 0.909. The Balaban J connectivity index is 4.33. The molecule has 0 saturated carbocycles. The summed E-state index contributed by atoms with van der Waals surface area (Å²) in [5.74, 6) is 1.49. The third-order valence-electron chi connectivity index (χ3n) is 2.29. The molecule has 1 unspecified atom stereocenters. The van der Waals surface area contributed by atoms with Crippen LogP contribution in [0.25, 0.3) is 0 Å².